The Kier molecular flexibility index (Phi) is 20.8. The van der Waals surface area contributed by atoms with Gasteiger partial charge in [0.05, 0.1) is 18.0 Å². The quantitative estimate of drug-likeness (QED) is 0.0294. The van der Waals surface area contributed by atoms with Crippen LogP contribution in [0.5, 0.6) is 5.75 Å². The molecule has 1 saturated heterocycles. The number of hydrogen-bond acceptors (Lipinski definition) is 13. The minimum absolute atomic E-state index is 0.0894. The number of nitrogens with one attached hydrogen (secondary N) is 8. The molecule has 4 aromatic carbocycles. The van der Waals surface area contributed by atoms with Crippen LogP contribution in [0.15, 0.2) is 91.2 Å². The Morgan fingerprint density at radius 1 is 0.771 bits per heavy atom. The van der Waals surface area contributed by atoms with E-state index in [0.717, 1.165) is 29.4 Å². The van der Waals surface area contributed by atoms with Crippen molar-refractivity contribution in [3.8, 4) is 5.75 Å². The van der Waals surface area contributed by atoms with Crippen LogP contribution < -0.4 is 58.3 Å². The molecular weight excluding hydrogens is 1090 g/mol. The van der Waals surface area contributed by atoms with Crippen LogP contribution in [0.1, 0.15) is 70.9 Å². The van der Waals surface area contributed by atoms with Crippen molar-refractivity contribution in [1.82, 2.24) is 46.3 Å². The van der Waals surface area contributed by atoms with Gasteiger partial charge in [0, 0.05) is 129 Å². The molecule has 26 heteroatoms. The number of nitrogens with two attached hydrogens (primary N) is 2. The fourth-order valence-electron chi connectivity index (χ4n) is 10.0. The number of urea groups is 2. The molecule has 0 radical (unpaired) electrons. The molecule has 1 aromatic heterocycles. The molecule has 0 unspecified atom stereocenters. The van der Waals surface area contributed by atoms with Crippen molar-refractivity contribution in [3.63, 3.8) is 0 Å². The molecule has 25 nitrogen and oxygen atoms in total. The van der Waals surface area contributed by atoms with Crippen LogP contribution in [0.25, 0.3) is 21.7 Å². The van der Waals surface area contributed by atoms with E-state index in [1.54, 1.807) is 40.1 Å². The number of aromatic amines is 1. The zero-order chi connectivity index (χ0) is 59.0. The highest BCUT2D eigenvalue weighted by atomic mass is 35.5. The highest BCUT2D eigenvalue weighted by molar-refractivity contribution is 6.19. The average molecular weight is 1160 g/mol. The topological polar surface area (TPSA) is 337 Å². The molecule has 3 aliphatic heterocycles. The number of amides is 11. The molecule has 12 N–H and O–H groups in total. The highest BCUT2D eigenvalue weighted by Gasteiger charge is 2.36. The van der Waals surface area contributed by atoms with Gasteiger partial charge < -0.3 is 82.7 Å². The second-order valence-electron chi connectivity index (χ2n) is 20.4. The summed E-state index contributed by atoms with van der Waals surface area (Å²) in [4.78, 5) is 127. The van der Waals surface area contributed by atoms with E-state index in [9.17, 15) is 43.2 Å². The standard InChI is InChI=1S/C57H69ClN14O11/c1-69-24-26-70(27-25-69)57(81)83-47-31-46-50(41-8-3-2-7-40(41)47)37(32-58)33-72(46)54(78)45-30-36-29-39(16-17-42(36)67-45)66-51(75)35-12-14-38(15-13-35)65-53(77)44(10-5-20-64-56(60)80)68-52(76)43(9-4-19-63-55(59)79)61-21-22-62-48(73)11-6-23-71-34-82-28-18-49(71)74/h2-3,7-8,12-18,28-31,37,43-44,61,67H,4-6,9-11,19-27,32-34H2,1H3,(H,62,73)(H,65,77)(H,66,75)(H,68,76)(H3,59,63,79)(H3,60,64,80)/t37-,43+,44+/m1/s1. The molecule has 11 amide bonds. The smallest absolute Gasteiger partial charge is 0.415 e. The number of rotatable bonds is 25. The van der Waals surface area contributed by atoms with E-state index in [0.29, 0.717) is 78.4 Å². The van der Waals surface area contributed by atoms with Crippen molar-refractivity contribution in [2.24, 2.45) is 11.5 Å². The Morgan fingerprint density at radius 2 is 1.47 bits per heavy atom. The maximum Gasteiger partial charge on any atom is 0.415 e. The second-order valence-corrected chi connectivity index (χ2v) is 20.7. The third-order valence-electron chi connectivity index (χ3n) is 14.4. The highest BCUT2D eigenvalue weighted by Crippen LogP contribution is 2.46. The number of piperazine rings is 1. The van der Waals surface area contributed by atoms with Crippen molar-refractivity contribution >= 4 is 104 Å². The van der Waals surface area contributed by atoms with Gasteiger partial charge in [0.25, 0.3) is 17.7 Å². The molecule has 83 heavy (non-hydrogen) atoms. The maximum absolute atomic E-state index is 14.5. The van der Waals surface area contributed by atoms with Crippen molar-refractivity contribution in [3.05, 3.63) is 108 Å². The summed E-state index contributed by atoms with van der Waals surface area (Å²) >= 11 is 6.56. The van der Waals surface area contributed by atoms with Crippen molar-refractivity contribution < 1.29 is 52.6 Å². The first kappa shape index (κ1) is 60.2. The lowest BCUT2D eigenvalue weighted by molar-refractivity contribution is -0.132. The molecule has 1 fully saturated rings. The van der Waals surface area contributed by atoms with E-state index in [1.807, 2.05) is 31.3 Å². The predicted molar refractivity (Wildman–Crippen MR) is 312 cm³/mol. The summed E-state index contributed by atoms with van der Waals surface area (Å²) in [5.74, 6) is -1.95. The van der Waals surface area contributed by atoms with Gasteiger partial charge in [0.1, 0.15) is 17.5 Å². The molecule has 0 saturated carbocycles. The van der Waals surface area contributed by atoms with E-state index in [-0.39, 0.29) is 93.7 Å². The van der Waals surface area contributed by atoms with E-state index in [2.05, 4.69) is 47.1 Å². The van der Waals surface area contributed by atoms with Crippen LogP contribution in [0.4, 0.5) is 31.4 Å². The van der Waals surface area contributed by atoms with Gasteiger partial charge in [0.2, 0.25) is 17.7 Å². The summed E-state index contributed by atoms with van der Waals surface area (Å²) in [5.41, 5.74) is 13.9. The van der Waals surface area contributed by atoms with Crippen LogP contribution in [0.2, 0.25) is 0 Å². The summed E-state index contributed by atoms with van der Waals surface area (Å²) in [6.45, 7) is 3.90. The summed E-state index contributed by atoms with van der Waals surface area (Å²) < 4.78 is 11.2. The molecule has 3 aliphatic rings. The molecule has 5 aromatic rings. The van der Waals surface area contributed by atoms with E-state index >= 15 is 0 Å². The van der Waals surface area contributed by atoms with Crippen LogP contribution in [-0.4, -0.2) is 170 Å². The molecule has 0 spiro atoms. The zero-order valence-electron chi connectivity index (χ0n) is 45.9. The van der Waals surface area contributed by atoms with Crippen molar-refractivity contribution in [2.45, 2.75) is 56.5 Å². The number of H-pyrrole nitrogens is 1. The summed E-state index contributed by atoms with van der Waals surface area (Å²) in [6.07, 6.45) is 3.63. The summed E-state index contributed by atoms with van der Waals surface area (Å²) in [5, 5.41) is 21.6. The number of hydrogen-bond donors (Lipinski definition) is 10. The lowest BCUT2D eigenvalue weighted by Crippen LogP contribution is -2.52. The Bertz CT molecular complexity index is 3240. The third-order valence-corrected chi connectivity index (χ3v) is 14.8. The number of alkyl halides is 1. The van der Waals surface area contributed by atoms with Crippen molar-refractivity contribution in [1.29, 1.82) is 0 Å². The molecule has 0 bridgehead atoms. The van der Waals surface area contributed by atoms with E-state index in [4.69, 9.17) is 32.5 Å². The second kappa shape index (κ2) is 28.7. The maximum atomic E-state index is 14.5. The number of primary amides is 2. The summed E-state index contributed by atoms with van der Waals surface area (Å²) in [6, 6.07) is 18.9. The number of carbonyl (C=O) groups is 9. The van der Waals surface area contributed by atoms with Gasteiger partial charge in [-0.3, -0.25) is 28.8 Å². The molecule has 0 aliphatic carbocycles. The minimum atomic E-state index is -1.11. The van der Waals surface area contributed by atoms with E-state index < -0.39 is 48.0 Å². The lowest BCUT2D eigenvalue weighted by Gasteiger charge is -2.31. The number of ether oxygens (including phenoxy) is 2. The van der Waals surface area contributed by atoms with Crippen LogP contribution >= 0.6 is 11.6 Å². The first-order valence-electron chi connectivity index (χ1n) is 27.4. The SMILES string of the molecule is CN1CCN(C(=O)Oc2cc3c(c4ccccc24)[C@H](CCl)CN3C(=O)c2cc3cc(NC(=O)c4ccc(NC(=O)[C@H](CCCNC(N)=O)NC(=O)[C@H](CCCNC(N)=O)NCCNC(=O)CCCN5COC=CC5=O)cc4)ccc3[nH]2)CC1. The number of halogens is 1. The number of anilines is 3. The average Bonchev–Trinajstić information content (AvgIpc) is 2.92. The fourth-order valence-corrected chi connectivity index (χ4v) is 10.3. The lowest BCUT2D eigenvalue weighted by atomic mass is 9.95. The van der Waals surface area contributed by atoms with Crippen LogP contribution in [-0.2, 0) is 23.9 Å². The van der Waals surface area contributed by atoms with Crippen LogP contribution in [0.3, 0.4) is 0 Å². The van der Waals surface area contributed by atoms with Crippen molar-refractivity contribution in [2.75, 3.05) is 101 Å². The normalized spacial score (nSPS) is 15.7. The number of likely N-dealkylation sites (N-methyl/N-ethyl adjacent to an activating group) is 1. The van der Waals surface area contributed by atoms with Gasteiger partial charge in [-0.1, -0.05) is 24.3 Å². The largest absolute Gasteiger partial charge is 0.480 e. The Balaban J connectivity index is 0.881. The molecule has 3 atom stereocenters. The number of benzene rings is 4. The first-order valence-corrected chi connectivity index (χ1v) is 28.0. The third kappa shape index (κ3) is 16.2. The van der Waals surface area contributed by atoms with Gasteiger partial charge in [-0.25, -0.2) is 14.4 Å². The molecule has 440 valence electrons. The van der Waals surface area contributed by atoms with Gasteiger partial charge in [-0.15, -0.1) is 11.6 Å². The number of nitrogens with zero attached hydrogens (tertiary/aromatic N) is 4. The number of aromatic nitrogens is 1. The van der Waals surface area contributed by atoms with Gasteiger partial charge in [-0.2, -0.15) is 0 Å². The zero-order valence-corrected chi connectivity index (χ0v) is 46.7. The first-order chi connectivity index (χ1) is 40.0. The molecule has 4 heterocycles. The predicted octanol–water partition coefficient (Wildman–Crippen LogP) is 3.81. The van der Waals surface area contributed by atoms with Gasteiger partial charge >= 0.3 is 18.2 Å². The monoisotopic (exact) mass is 1160 g/mol. The Labute approximate surface area is 483 Å². The Hall–Kier alpha value is -8.94. The van der Waals surface area contributed by atoms with Gasteiger partial charge in [0.15, 0.2) is 6.73 Å². The molecular formula is C57H69ClN14O11. The van der Waals surface area contributed by atoms with Gasteiger partial charge in [-0.05, 0) is 98.6 Å². The number of carbonyl (C=O) groups excluding carboxylic acids is 9. The number of fused-ring (bicyclic) bond motifs is 4. The fraction of sp³-hybridized carbons (Fsp3) is 0.386. The molecule has 8 rings (SSSR count). The summed E-state index contributed by atoms with van der Waals surface area (Å²) in [7, 11) is 2.01. The van der Waals surface area contributed by atoms with Crippen LogP contribution in [0, 0.1) is 0 Å². The van der Waals surface area contributed by atoms with E-state index in [1.165, 1.54) is 41.5 Å². The minimum Gasteiger partial charge on any atom is -0.480 e. The Morgan fingerprint density at radius 3 is 2.17 bits per heavy atom.